The Morgan fingerprint density at radius 2 is 1.92 bits per heavy atom. The van der Waals surface area contributed by atoms with Gasteiger partial charge in [-0.25, -0.2) is 9.97 Å². The molecule has 2 heterocycles. The standard InChI is InChI=1S/C18H21N5O/c1-12(16-11-23(3)22-13(16)2)20-18-19-10-9-17(21-18)14-5-7-15(24-4)8-6-14/h5-12H,1-4H3,(H,19,20,21). The lowest BCUT2D eigenvalue weighted by Gasteiger charge is -2.13. The number of hydrogen-bond donors (Lipinski definition) is 1. The minimum Gasteiger partial charge on any atom is -0.497 e. The van der Waals surface area contributed by atoms with Crippen molar-refractivity contribution >= 4 is 5.95 Å². The Bertz CT molecular complexity index is 826. The highest BCUT2D eigenvalue weighted by Gasteiger charge is 2.13. The smallest absolute Gasteiger partial charge is 0.223 e. The number of hydrogen-bond acceptors (Lipinski definition) is 5. The first-order valence-electron chi connectivity index (χ1n) is 7.81. The Hall–Kier alpha value is -2.89. The van der Waals surface area contributed by atoms with Crippen LogP contribution < -0.4 is 10.1 Å². The maximum Gasteiger partial charge on any atom is 0.223 e. The molecular formula is C18H21N5O. The van der Waals surface area contributed by atoms with E-state index in [-0.39, 0.29) is 6.04 Å². The van der Waals surface area contributed by atoms with Crippen LogP contribution in [0.1, 0.15) is 24.2 Å². The number of nitrogens with zero attached hydrogens (tertiary/aromatic N) is 4. The van der Waals surface area contributed by atoms with Gasteiger partial charge >= 0.3 is 0 Å². The van der Waals surface area contributed by atoms with E-state index in [4.69, 9.17) is 4.74 Å². The third-order valence-electron chi connectivity index (χ3n) is 3.90. The summed E-state index contributed by atoms with van der Waals surface area (Å²) in [5.41, 5.74) is 4.02. The van der Waals surface area contributed by atoms with Crippen molar-refractivity contribution < 1.29 is 4.74 Å². The van der Waals surface area contributed by atoms with Gasteiger partial charge < -0.3 is 10.1 Å². The van der Waals surface area contributed by atoms with E-state index < -0.39 is 0 Å². The molecule has 2 aromatic heterocycles. The molecule has 0 aliphatic rings. The van der Waals surface area contributed by atoms with Crippen LogP contribution in [0.5, 0.6) is 5.75 Å². The van der Waals surface area contributed by atoms with Crippen molar-refractivity contribution in [3.63, 3.8) is 0 Å². The zero-order valence-electron chi connectivity index (χ0n) is 14.3. The molecule has 1 N–H and O–H groups in total. The molecule has 0 bridgehead atoms. The van der Waals surface area contributed by atoms with Gasteiger partial charge in [0.05, 0.1) is 24.5 Å². The first kappa shape index (κ1) is 16.0. The number of benzene rings is 1. The highest BCUT2D eigenvalue weighted by Crippen LogP contribution is 2.23. The molecule has 1 unspecified atom stereocenters. The van der Waals surface area contributed by atoms with Crippen LogP contribution in [0.2, 0.25) is 0 Å². The topological polar surface area (TPSA) is 64.9 Å². The summed E-state index contributed by atoms with van der Waals surface area (Å²) in [6.45, 7) is 4.08. The van der Waals surface area contributed by atoms with Gasteiger partial charge in [0, 0.05) is 30.6 Å². The summed E-state index contributed by atoms with van der Waals surface area (Å²) < 4.78 is 7.01. The maximum atomic E-state index is 5.19. The molecule has 0 saturated carbocycles. The van der Waals surface area contributed by atoms with E-state index >= 15 is 0 Å². The average Bonchev–Trinajstić information content (AvgIpc) is 2.94. The summed E-state index contributed by atoms with van der Waals surface area (Å²) in [5.74, 6) is 1.42. The molecule has 6 heteroatoms. The normalized spacial score (nSPS) is 12.0. The fourth-order valence-corrected chi connectivity index (χ4v) is 2.67. The third-order valence-corrected chi connectivity index (χ3v) is 3.90. The molecule has 0 radical (unpaired) electrons. The van der Waals surface area contributed by atoms with Crippen LogP contribution in [0.15, 0.2) is 42.7 Å². The van der Waals surface area contributed by atoms with Gasteiger partial charge in [-0.3, -0.25) is 4.68 Å². The summed E-state index contributed by atoms with van der Waals surface area (Å²) in [6.07, 6.45) is 3.78. The quantitative estimate of drug-likeness (QED) is 0.780. The molecule has 24 heavy (non-hydrogen) atoms. The Morgan fingerprint density at radius 3 is 2.54 bits per heavy atom. The van der Waals surface area contributed by atoms with Crippen LogP contribution in [0, 0.1) is 6.92 Å². The molecule has 0 aliphatic carbocycles. The van der Waals surface area contributed by atoms with Crippen LogP contribution in [0.4, 0.5) is 5.95 Å². The molecule has 1 atom stereocenters. The van der Waals surface area contributed by atoms with Gasteiger partial charge in [-0.1, -0.05) is 0 Å². The molecule has 1 aromatic carbocycles. The molecule has 3 rings (SSSR count). The number of nitrogens with one attached hydrogen (secondary N) is 1. The van der Waals surface area contributed by atoms with E-state index in [1.54, 1.807) is 13.3 Å². The van der Waals surface area contributed by atoms with Crippen LogP contribution in [-0.4, -0.2) is 26.9 Å². The Labute approximate surface area is 141 Å². The number of aromatic nitrogens is 4. The van der Waals surface area contributed by atoms with E-state index in [0.717, 1.165) is 28.3 Å². The third kappa shape index (κ3) is 3.37. The van der Waals surface area contributed by atoms with Crippen molar-refractivity contribution in [2.45, 2.75) is 19.9 Å². The number of aryl methyl sites for hydroxylation is 2. The summed E-state index contributed by atoms with van der Waals surface area (Å²) >= 11 is 0. The summed E-state index contributed by atoms with van der Waals surface area (Å²) in [4.78, 5) is 8.94. The van der Waals surface area contributed by atoms with E-state index in [9.17, 15) is 0 Å². The van der Waals surface area contributed by atoms with E-state index in [0.29, 0.717) is 5.95 Å². The minimum atomic E-state index is 0.0739. The molecule has 0 fully saturated rings. The van der Waals surface area contributed by atoms with E-state index in [1.165, 1.54) is 0 Å². The summed E-state index contributed by atoms with van der Waals surface area (Å²) in [7, 11) is 3.58. The van der Waals surface area contributed by atoms with Gasteiger partial charge in [0.25, 0.3) is 0 Å². The van der Waals surface area contributed by atoms with E-state index in [2.05, 4.69) is 27.3 Å². The number of anilines is 1. The lowest BCUT2D eigenvalue weighted by molar-refractivity contribution is 0.415. The van der Waals surface area contributed by atoms with Gasteiger partial charge in [0.2, 0.25) is 5.95 Å². The van der Waals surface area contributed by atoms with Gasteiger partial charge in [-0.05, 0) is 44.2 Å². The van der Waals surface area contributed by atoms with Crippen molar-refractivity contribution in [1.29, 1.82) is 0 Å². The Balaban J connectivity index is 1.81. The zero-order valence-corrected chi connectivity index (χ0v) is 14.3. The highest BCUT2D eigenvalue weighted by atomic mass is 16.5. The first-order valence-corrected chi connectivity index (χ1v) is 7.81. The molecular weight excluding hydrogens is 302 g/mol. The molecule has 3 aromatic rings. The van der Waals surface area contributed by atoms with Crippen molar-refractivity contribution in [1.82, 2.24) is 19.7 Å². The van der Waals surface area contributed by atoms with Crippen molar-refractivity contribution in [3.8, 4) is 17.0 Å². The first-order chi connectivity index (χ1) is 11.6. The second kappa shape index (κ2) is 6.70. The molecule has 0 amide bonds. The molecule has 0 saturated heterocycles. The molecule has 6 nitrogen and oxygen atoms in total. The Morgan fingerprint density at radius 1 is 1.17 bits per heavy atom. The second-order valence-corrected chi connectivity index (χ2v) is 5.70. The zero-order chi connectivity index (χ0) is 17.1. The maximum absolute atomic E-state index is 5.19. The predicted octanol–water partition coefficient (Wildman–Crippen LogP) is 3.37. The molecule has 0 aliphatic heterocycles. The average molecular weight is 323 g/mol. The fraction of sp³-hybridized carbons (Fsp3) is 0.278. The lowest BCUT2D eigenvalue weighted by atomic mass is 10.1. The molecule has 0 spiro atoms. The molecule has 124 valence electrons. The van der Waals surface area contributed by atoms with Crippen LogP contribution in [0.25, 0.3) is 11.3 Å². The van der Waals surface area contributed by atoms with Crippen LogP contribution in [0.3, 0.4) is 0 Å². The fourth-order valence-electron chi connectivity index (χ4n) is 2.67. The second-order valence-electron chi connectivity index (χ2n) is 5.70. The van der Waals surface area contributed by atoms with Gasteiger partial charge in [0.1, 0.15) is 5.75 Å². The van der Waals surface area contributed by atoms with Crippen molar-refractivity contribution in [3.05, 3.63) is 54.0 Å². The summed E-state index contributed by atoms with van der Waals surface area (Å²) in [5, 5.41) is 7.72. The van der Waals surface area contributed by atoms with E-state index in [1.807, 2.05) is 55.2 Å². The summed E-state index contributed by atoms with van der Waals surface area (Å²) in [6, 6.07) is 9.79. The van der Waals surface area contributed by atoms with Gasteiger partial charge in [0.15, 0.2) is 0 Å². The highest BCUT2D eigenvalue weighted by molar-refractivity contribution is 5.61. The number of ether oxygens (including phenoxy) is 1. The van der Waals surface area contributed by atoms with Crippen molar-refractivity contribution in [2.24, 2.45) is 7.05 Å². The lowest BCUT2D eigenvalue weighted by Crippen LogP contribution is -2.10. The Kier molecular flexibility index (Phi) is 4.46. The van der Waals surface area contributed by atoms with Crippen LogP contribution in [-0.2, 0) is 7.05 Å². The van der Waals surface area contributed by atoms with Gasteiger partial charge in [-0.2, -0.15) is 5.10 Å². The largest absolute Gasteiger partial charge is 0.497 e. The number of methoxy groups -OCH3 is 1. The van der Waals surface area contributed by atoms with Gasteiger partial charge in [-0.15, -0.1) is 0 Å². The SMILES string of the molecule is COc1ccc(-c2ccnc(NC(C)c3cn(C)nc3C)n2)cc1. The number of rotatable bonds is 5. The monoisotopic (exact) mass is 323 g/mol. The van der Waals surface area contributed by atoms with Crippen LogP contribution >= 0.6 is 0 Å². The minimum absolute atomic E-state index is 0.0739. The van der Waals surface area contributed by atoms with Crippen molar-refractivity contribution in [2.75, 3.05) is 12.4 Å². The predicted molar refractivity (Wildman–Crippen MR) is 94.0 cm³/mol.